The lowest BCUT2D eigenvalue weighted by atomic mass is 10.1. The van der Waals surface area contributed by atoms with Gasteiger partial charge in [-0.15, -0.1) is 0 Å². The third-order valence-electron chi connectivity index (χ3n) is 6.11. The maximum atomic E-state index is 13.4. The highest BCUT2D eigenvalue weighted by atomic mass is 19.4. The molecule has 176 valence electrons. The SMILES string of the molecule is CC(C)n1c(C(F)(F)F)nc2cc(C(=O)Nc3ccc(N4CCC(N(C)C)C4)cc3)ccc21. The normalized spacial score (nSPS) is 16.9. The number of likely N-dealkylation sites (N-methyl/N-ethyl adjacent to an activating group) is 1. The minimum absolute atomic E-state index is 0.142. The predicted molar refractivity (Wildman–Crippen MR) is 124 cm³/mol. The molecule has 2 aromatic carbocycles. The van der Waals surface area contributed by atoms with Crippen molar-refractivity contribution in [2.45, 2.75) is 38.5 Å². The molecule has 1 fully saturated rings. The maximum Gasteiger partial charge on any atom is 0.449 e. The van der Waals surface area contributed by atoms with E-state index in [1.54, 1.807) is 13.8 Å². The number of hydrogen-bond acceptors (Lipinski definition) is 4. The molecule has 1 atom stereocenters. The van der Waals surface area contributed by atoms with Crippen molar-refractivity contribution in [3.63, 3.8) is 0 Å². The fraction of sp³-hybridized carbons (Fsp3) is 0.417. The lowest BCUT2D eigenvalue weighted by Crippen LogP contribution is -2.31. The van der Waals surface area contributed by atoms with Gasteiger partial charge >= 0.3 is 6.18 Å². The van der Waals surface area contributed by atoms with Crippen LogP contribution < -0.4 is 10.2 Å². The summed E-state index contributed by atoms with van der Waals surface area (Å²) in [6.07, 6.45) is -3.47. The molecule has 4 rings (SSSR count). The van der Waals surface area contributed by atoms with Gasteiger partial charge in [-0.05, 0) is 76.8 Å². The highest BCUT2D eigenvalue weighted by Gasteiger charge is 2.38. The zero-order valence-electron chi connectivity index (χ0n) is 19.1. The van der Waals surface area contributed by atoms with Crippen molar-refractivity contribution in [3.8, 4) is 0 Å². The van der Waals surface area contributed by atoms with E-state index in [1.165, 1.54) is 18.2 Å². The number of nitrogens with one attached hydrogen (secondary N) is 1. The Morgan fingerprint density at radius 1 is 1.15 bits per heavy atom. The molecule has 1 amide bonds. The van der Waals surface area contributed by atoms with E-state index in [9.17, 15) is 18.0 Å². The average Bonchev–Trinajstić information content (AvgIpc) is 3.39. The number of anilines is 2. The van der Waals surface area contributed by atoms with E-state index in [0.29, 0.717) is 17.2 Å². The van der Waals surface area contributed by atoms with Crippen LogP contribution in [0.1, 0.15) is 42.5 Å². The number of aromatic nitrogens is 2. The van der Waals surface area contributed by atoms with E-state index in [1.807, 2.05) is 24.3 Å². The number of nitrogens with zero attached hydrogens (tertiary/aromatic N) is 4. The summed E-state index contributed by atoms with van der Waals surface area (Å²) in [7, 11) is 4.17. The first-order valence-corrected chi connectivity index (χ1v) is 11.0. The van der Waals surface area contributed by atoms with Crippen LogP contribution in [-0.4, -0.2) is 53.6 Å². The lowest BCUT2D eigenvalue weighted by molar-refractivity contribution is -0.147. The number of amides is 1. The monoisotopic (exact) mass is 459 g/mol. The minimum Gasteiger partial charge on any atom is -0.370 e. The largest absolute Gasteiger partial charge is 0.449 e. The summed E-state index contributed by atoms with van der Waals surface area (Å²) < 4.78 is 41.4. The van der Waals surface area contributed by atoms with Gasteiger partial charge in [-0.2, -0.15) is 13.2 Å². The van der Waals surface area contributed by atoms with Crippen molar-refractivity contribution in [1.29, 1.82) is 0 Å². The van der Waals surface area contributed by atoms with Crippen molar-refractivity contribution in [2.75, 3.05) is 37.4 Å². The molecule has 1 N–H and O–H groups in total. The molecule has 3 aromatic rings. The van der Waals surface area contributed by atoms with Crippen LogP contribution in [0.15, 0.2) is 42.5 Å². The van der Waals surface area contributed by atoms with Crippen LogP contribution in [0.25, 0.3) is 11.0 Å². The quantitative estimate of drug-likeness (QED) is 0.582. The fourth-order valence-electron chi connectivity index (χ4n) is 4.32. The van der Waals surface area contributed by atoms with Gasteiger partial charge in [0.05, 0.1) is 11.0 Å². The highest BCUT2D eigenvalue weighted by molar-refractivity contribution is 6.06. The molecule has 1 aromatic heterocycles. The second kappa shape index (κ2) is 8.70. The molecule has 33 heavy (non-hydrogen) atoms. The van der Waals surface area contributed by atoms with Gasteiger partial charge in [-0.1, -0.05) is 0 Å². The average molecular weight is 460 g/mol. The molecule has 0 spiro atoms. The number of alkyl halides is 3. The summed E-state index contributed by atoms with van der Waals surface area (Å²) in [5.74, 6) is -1.36. The van der Waals surface area contributed by atoms with Gasteiger partial charge in [0.2, 0.25) is 5.82 Å². The van der Waals surface area contributed by atoms with Gasteiger partial charge in [0.1, 0.15) is 0 Å². The van der Waals surface area contributed by atoms with Crippen molar-refractivity contribution in [2.24, 2.45) is 0 Å². The molecule has 1 aliphatic rings. The number of hydrogen-bond donors (Lipinski definition) is 1. The molecule has 1 saturated heterocycles. The number of carbonyl (C=O) groups is 1. The number of imidazole rings is 1. The molecule has 0 aliphatic carbocycles. The molecule has 6 nitrogen and oxygen atoms in total. The van der Waals surface area contributed by atoms with Gasteiger partial charge in [-0.25, -0.2) is 4.98 Å². The zero-order chi connectivity index (χ0) is 23.9. The summed E-state index contributed by atoms with van der Waals surface area (Å²) in [5.41, 5.74) is 2.46. The van der Waals surface area contributed by atoms with Crippen molar-refractivity contribution in [1.82, 2.24) is 14.5 Å². The third-order valence-corrected chi connectivity index (χ3v) is 6.11. The van der Waals surface area contributed by atoms with E-state index < -0.39 is 23.9 Å². The van der Waals surface area contributed by atoms with Crippen molar-refractivity contribution < 1.29 is 18.0 Å². The number of carbonyl (C=O) groups excluding carboxylic acids is 1. The predicted octanol–water partition coefficient (Wildman–Crippen LogP) is 5.03. The first-order valence-electron chi connectivity index (χ1n) is 11.0. The van der Waals surface area contributed by atoms with Crippen LogP contribution in [0, 0.1) is 0 Å². The smallest absolute Gasteiger partial charge is 0.370 e. The topological polar surface area (TPSA) is 53.4 Å². The second-order valence-electron chi connectivity index (χ2n) is 8.95. The van der Waals surface area contributed by atoms with Gasteiger partial charge < -0.3 is 19.7 Å². The van der Waals surface area contributed by atoms with Crippen LogP contribution in [0.5, 0.6) is 0 Å². The maximum absolute atomic E-state index is 13.4. The molecule has 1 unspecified atom stereocenters. The number of fused-ring (bicyclic) bond motifs is 1. The summed E-state index contributed by atoms with van der Waals surface area (Å²) in [6.45, 7) is 5.28. The Labute approximate surface area is 191 Å². The van der Waals surface area contributed by atoms with E-state index >= 15 is 0 Å². The van der Waals surface area contributed by atoms with Gasteiger partial charge in [0, 0.05) is 42.1 Å². The Hall–Kier alpha value is -3.07. The standard InChI is InChI=1S/C24H28F3N5O/c1-15(2)32-21-10-5-16(13-20(21)29-23(32)24(25,26)27)22(33)28-17-6-8-18(9-7-17)31-12-11-19(14-31)30(3)4/h5-10,13,15,19H,11-12,14H2,1-4H3,(H,28,33). The van der Waals surface area contributed by atoms with Crippen LogP contribution in [0.2, 0.25) is 0 Å². The Morgan fingerprint density at radius 2 is 1.85 bits per heavy atom. The first-order chi connectivity index (χ1) is 15.5. The molecule has 1 aliphatic heterocycles. The highest BCUT2D eigenvalue weighted by Crippen LogP contribution is 2.34. The number of benzene rings is 2. The summed E-state index contributed by atoms with van der Waals surface area (Å²) >= 11 is 0. The van der Waals surface area contributed by atoms with E-state index in [0.717, 1.165) is 29.8 Å². The molecule has 0 bridgehead atoms. The number of halogens is 3. The van der Waals surface area contributed by atoms with Gasteiger partial charge in [0.15, 0.2) is 0 Å². The first kappa shape index (κ1) is 23.1. The summed E-state index contributed by atoms with van der Waals surface area (Å²) in [4.78, 5) is 21.1. The van der Waals surface area contributed by atoms with Gasteiger partial charge in [0.25, 0.3) is 5.91 Å². The van der Waals surface area contributed by atoms with E-state index in [4.69, 9.17) is 0 Å². The molecular formula is C24H28F3N5O. The molecule has 0 radical (unpaired) electrons. The van der Waals surface area contributed by atoms with Crippen LogP contribution in [0.4, 0.5) is 24.5 Å². The Kier molecular flexibility index (Phi) is 6.09. The fourth-order valence-corrected chi connectivity index (χ4v) is 4.32. The third kappa shape index (κ3) is 4.68. The van der Waals surface area contributed by atoms with Crippen LogP contribution in [0.3, 0.4) is 0 Å². The lowest BCUT2D eigenvalue weighted by Gasteiger charge is -2.22. The van der Waals surface area contributed by atoms with Gasteiger partial charge in [-0.3, -0.25) is 4.79 Å². The summed E-state index contributed by atoms with van der Waals surface area (Å²) in [5, 5.41) is 2.82. The molecule has 2 heterocycles. The van der Waals surface area contributed by atoms with E-state index in [2.05, 4.69) is 34.2 Å². The molecule has 0 saturated carbocycles. The van der Waals surface area contributed by atoms with Crippen LogP contribution >= 0.6 is 0 Å². The second-order valence-corrected chi connectivity index (χ2v) is 8.95. The Bertz CT molecular complexity index is 1150. The molecule has 9 heteroatoms. The zero-order valence-corrected chi connectivity index (χ0v) is 19.1. The minimum atomic E-state index is -4.57. The van der Waals surface area contributed by atoms with E-state index in [-0.39, 0.29) is 11.1 Å². The van der Waals surface area contributed by atoms with Crippen LogP contribution in [-0.2, 0) is 6.18 Å². The Balaban J connectivity index is 1.51. The summed E-state index contributed by atoms with van der Waals surface area (Å²) in [6, 6.07) is 12.2. The number of rotatable bonds is 5. The molecular weight excluding hydrogens is 431 g/mol. The Morgan fingerprint density at radius 3 is 2.42 bits per heavy atom. The van der Waals surface area contributed by atoms with Crippen molar-refractivity contribution >= 4 is 28.3 Å². The van der Waals surface area contributed by atoms with Crippen molar-refractivity contribution in [3.05, 3.63) is 53.9 Å².